The molecule has 1 aromatic heterocycles. The van der Waals surface area contributed by atoms with Gasteiger partial charge in [-0.05, 0) is 30.9 Å². The van der Waals surface area contributed by atoms with Gasteiger partial charge in [0.05, 0.1) is 17.2 Å². The lowest BCUT2D eigenvalue weighted by atomic mass is 10.1. The Balaban J connectivity index is 1.93. The highest BCUT2D eigenvalue weighted by Crippen LogP contribution is 2.38. The third kappa shape index (κ3) is 2.29. The van der Waals surface area contributed by atoms with Crippen molar-refractivity contribution < 1.29 is 9.26 Å². The average molecular weight is 265 g/mol. The van der Waals surface area contributed by atoms with Gasteiger partial charge in [0.25, 0.3) is 0 Å². The Kier molecular flexibility index (Phi) is 2.88. The van der Waals surface area contributed by atoms with Gasteiger partial charge in [-0.15, -0.1) is 0 Å². The van der Waals surface area contributed by atoms with Crippen LogP contribution >= 0.6 is 11.6 Å². The minimum atomic E-state index is 0.345. The highest BCUT2D eigenvalue weighted by Gasteiger charge is 2.23. The van der Waals surface area contributed by atoms with Gasteiger partial charge in [-0.3, -0.25) is 0 Å². The van der Waals surface area contributed by atoms with Crippen molar-refractivity contribution in [1.82, 2.24) is 5.16 Å². The van der Waals surface area contributed by atoms with E-state index in [4.69, 9.17) is 26.6 Å². The summed E-state index contributed by atoms with van der Waals surface area (Å²) in [4.78, 5) is 0. The van der Waals surface area contributed by atoms with Crippen LogP contribution < -0.4 is 10.5 Å². The fourth-order valence-corrected chi connectivity index (χ4v) is 1.98. The number of rotatable bonds is 4. The smallest absolute Gasteiger partial charge is 0.172 e. The lowest BCUT2D eigenvalue weighted by molar-refractivity contribution is 0.300. The van der Waals surface area contributed by atoms with E-state index in [1.807, 2.05) is 12.1 Å². The molecule has 1 aliphatic rings. The van der Waals surface area contributed by atoms with E-state index in [1.54, 1.807) is 12.1 Å². The number of hydrogen-bond donors (Lipinski definition) is 1. The van der Waals surface area contributed by atoms with Crippen LogP contribution in [0.15, 0.2) is 28.8 Å². The highest BCUT2D eigenvalue weighted by atomic mass is 35.5. The van der Waals surface area contributed by atoms with Crippen LogP contribution in [0.4, 0.5) is 5.82 Å². The first-order valence-electron chi connectivity index (χ1n) is 5.88. The molecule has 0 bridgehead atoms. The zero-order chi connectivity index (χ0) is 12.5. The van der Waals surface area contributed by atoms with Crippen LogP contribution in [0.5, 0.6) is 5.75 Å². The molecule has 0 aliphatic heterocycles. The Morgan fingerprint density at radius 2 is 2.28 bits per heavy atom. The number of nitrogen functional groups attached to an aromatic ring is 1. The SMILES string of the molecule is Nc1cc(-c2cccc(Cl)c2OCC2CC2)on1. The number of ether oxygens (including phenoxy) is 1. The Morgan fingerprint density at radius 3 is 2.94 bits per heavy atom. The van der Waals surface area contributed by atoms with Gasteiger partial charge in [-0.2, -0.15) is 0 Å². The Labute approximate surface area is 110 Å². The highest BCUT2D eigenvalue weighted by molar-refractivity contribution is 6.32. The number of anilines is 1. The Hall–Kier alpha value is -1.68. The number of aromatic nitrogens is 1. The number of nitrogens with zero attached hydrogens (tertiary/aromatic N) is 1. The summed E-state index contributed by atoms with van der Waals surface area (Å²) in [6.07, 6.45) is 2.46. The molecule has 18 heavy (non-hydrogen) atoms. The van der Waals surface area contributed by atoms with E-state index < -0.39 is 0 Å². The maximum absolute atomic E-state index is 6.17. The van der Waals surface area contributed by atoms with E-state index in [2.05, 4.69) is 5.16 Å². The van der Waals surface area contributed by atoms with E-state index >= 15 is 0 Å². The summed E-state index contributed by atoms with van der Waals surface area (Å²) in [6.45, 7) is 0.695. The maximum atomic E-state index is 6.17. The van der Waals surface area contributed by atoms with Crippen LogP contribution in [0.25, 0.3) is 11.3 Å². The van der Waals surface area contributed by atoms with E-state index in [0.717, 1.165) is 5.56 Å². The molecule has 1 aliphatic carbocycles. The molecular weight excluding hydrogens is 252 g/mol. The molecule has 2 aromatic rings. The van der Waals surface area contributed by atoms with Crippen molar-refractivity contribution in [2.45, 2.75) is 12.8 Å². The normalized spacial score (nSPS) is 14.7. The van der Waals surface area contributed by atoms with Gasteiger partial charge < -0.3 is 15.0 Å². The third-order valence-corrected chi connectivity index (χ3v) is 3.22. The molecule has 0 spiro atoms. The molecular formula is C13H13ClN2O2. The van der Waals surface area contributed by atoms with Gasteiger partial charge in [0.15, 0.2) is 11.6 Å². The van der Waals surface area contributed by atoms with E-state index in [9.17, 15) is 0 Å². The summed E-state index contributed by atoms with van der Waals surface area (Å²) >= 11 is 6.17. The van der Waals surface area contributed by atoms with Crippen molar-refractivity contribution >= 4 is 17.4 Å². The number of para-hydroxylation sites is 1. The fraction of sp³-hybridized carbons (Fsp3) is 0.308. The second kappa shape index (κ2) is 4.53. The monoisotopic (exact) mass is 264 g/mol. The first kappa shape index (κ1) is 11.4. The van der Waals surface area contributed by atoms with E-state index in [1.165, 1.54) is 12.8 Å². The lowest BCUT2D eigenvalue weighted by Gasteiger charge is -2.10. The molecule has 3 rings (SSSR count). The van der Waals surface area contributed by atoms with E-state index in [-0.39, 0.29) is 0 Å². The fourth-order valence-electron chi connectivity index (χ4n) is 1.75. The quantitative estimate of drug-likeness (QED) is 0.920. The molecule has 0 amide bonds. The molecule has 0 radical (unpaired) electrons. The molecule has 1 aromatic carbocycles. The molecule has 2 N–H and O–H groups in total. The first-order valence-corrected chi connectivity index (χ1v) is 6.25. The van der Waals surface area contributed by atoms with Crippen molar-refractivity contribution in [2.24, 2.45) is 5.92 Å². The first-order chi connectivity index (χ1) is 8.74. The zero-order valence-corrected chi connectivity index (χ0v) is 10.5. The standard InChI is InChI=1S/C13H13ClN2O2/c14-10-3-1-2-9(11-6-12(15)16-18-11)13(10)17-7-8-4-5-8/h1-3,6,8H,4-5,7H2,(H2,15,16). The summed E-state index contributed by atoms with van der Waals surface area (Å²) in [6, 6.07) is 7.19. The number of hydrogen-bond acceptors (Lipinski definition) is 4. The summed E-state index contributed by atoms with van der Waals surface area (Å²) in [7, 11) is 0. The predicted octanol–water partition coefficient (Wildman–Crippen LogP) is 3.37. The van der Waals surface area contributed by atoms with Gasteiger partial charge in [0.1, 0.15) is 5.75 Å². The molecule has 1 heterocycles. The zero-order valence-electron chi connectivity index (χ0n) is 9.73. The molecule has 1 saturated carbocycles. The van der Waals surface area contributed by atoms with Gasteiger partial charge in [0, 0.05) is 6.07 Å². The average Bonchev–Trinajstić information content (AvgIpc) is 3.08. The van der Waals surface area contributed by atoms with Crippen LogP contribution in [0.1, 0.15) is 12.8 Å². The molecule has 0 atom stereocenters. The van der Waals surface area contributed by atoms with E-state index in [0.29, 0.717) is 34.9 Å². The van der Waals surface area contributed by atoms with Crippen molar-refractivity contribution in [1.29, 1.82) is 0 Å². The minimum absolute atomic E-state index is 0.345. The van der Waals surface area contributed by atoms with Crippen molar-refractivity contribution in [3.63, 3.8) is 0 Å². The number of halogens is 1. The van der Waals surface area contributed by atoms with Crippen LogP contribution in [-0.2, 0) is 0 Å². The largest absolute Gasteiger partial charge is 0.491 e. The van der Waals surface area contributed by atoms with Gasteiger partial charge in [-0.1, -0.05) is 22.8 Å². The second-order valence-electron chi connectivity index (χ2n) is 4.49. The topological polar surface area (TPSA) is 61.3 Å². The molecule has 94 valence electrons. The molecule has 4 nitrogen and oxygen atoms in total. The lowest BCUT2D eigenvalue weighted by Crippen LogP contribution is -2.00. The number of benzene rings is 1. The van der Waals surface area contributed by atoms with Crippen molar-refractivity contribution in [3.05, 3.63) is 29.3 Å². The van der Waals surface area contributed by atoms with Crippen LogP contribution in [0.3, 0.4) is 0 Å². The summed E-state index contributed by atoms with van der Waals surface area (Å²) in [5.74, 6) is 2.22. The molecule has 0 saturated heterocycles. The molecule has 0 unspecified atom stereocenters. The molecule has 5 heteroatoms. The Bertz CT molecular complexity index is 564. The van der Waals surface area contributed by atoms with Gasteiger partial charge >= 0.3 is 0 Å². The van der Waals surface area contributed by atoms with Gasteiger partial charge in [-0.25, -0.2) is 0 Å². The minimum Gasteiger partial charge on any atom is -0.491 e. The third-order valence-electron chi connectivity index (χ3n) is 2.92. The van der Waals surface area contributed by atoms with Crippen molar-refractivity contribution in [2.75, 3.05) is 12.3 Å². The predicted molar refractivity (Wildman–Crippen MR) is 69.6 cm³/mol. The maximum Gasteiger partial charge on any atom is 0.172 e. The Morgan fingerprint density at radius 1 is 1.44 bits per heavy atom. The number of nitrogens with two attached hydrogens (primary N) is 1. The summed E-state index contributed by atoms with van der Waals surface area (Å²) in [5.41, 5.74) is 6.34. The van der Waals surface area contributed by atoms with Gasteiger partial charge in [0.2, 0.25) is 0 Å². The molecule has 1 fully saturated rings. The van der Waals surface area contributed by atoms with Crippen LogP contribution in [0.2, 0.25) is 5.02 Å². The summed E-state index contributed by atoms with van der Waals surface area (Å²) < 4.78 is 10.9. The van der Waals surface area contributed by atoms with Crippen molar-refractivity contribution in [3.8, 4) is 17.1 Å². The van der Waals surface area contributed by atoms with Crippen LogP contribution in [-0.4, -0.2) is 11.8 Å². The summed E-state index contributed by atoms with van der Waals surface area (Å²) in [5, 5.41) is 4.25. The second-order valence-corrected chi connectivity index (χ2v) is 4.89. The van der Waals surface area contributed by atoms with Crippen LogP contribution in [0, 0.1) is 5.92 Å².